The van der Waals surface area contributed by atoms with Gasteiger partial charge in [-0.2, -0.15) is 0 Å². The summed E-state index contributed by atoms with van der Waals surface area (Å²) in [4.78, 5) is 33.0. The fraction of sp³-hybridized carbons (Fsp3) is 0.591. The number of amides is 2. The number of carbonyl (C=O) groups excluding carboxylic acids is 2. The largest absolute Gasteiger partial charge is 0.357 e. The van der Waals surface area contributed by atoms with E-state index in [1.54, 1.807) is 7.05 Å². The van der Waals surface area contributed by atoms with E-state index in [9.17, 15) is 9.59 Å². The zero-order valence-corrected chi connectivity index (χ0v) is 21.4. The van der Waals surface area contributed by atoms with Gasteiger partial charge in [-0.05, 0) is 44.9 Å². The van der Waals surface area contributed by atoms with E-state index >= 15 is 0 Å². The predicted octanol–water partition coefficient (Wildman–Crippen LogP) is 1.31. The molecule has 174 valence electrons. The fourth-order valence-corrected chi connectivity index (χ4v) is 3.42. The summed E-state index contributed by atoms with van der Waals surface area (Å²) in [5.74, 6) is 0.915. The highest BCUT2D eigenvalue weighted by Gasteiger charge is 2.21. The molecule has 2 rings (SSSR count). The summed E-state index contributed by atoms with van der Waals surface area (Å²) < 4.78 is 0. The standard InChI is InChI=1S/C22H36N6O2.HI/c1-5-24-22(25-10-9-18-7-6-8-19(15-18)21(30)23-4)28-13-11-27(12-14-28)16-20(29)26-17(2)3;/h6-8,15,17H,5,9-14,16H2,1-4H3,(H,23,30)(H,24,25)(H,26,29);1H. The van der Waals surface area contributed by atoms with Crippen LogP contribution in [0.5, 0.6) is 0 Å². The molecular formula is C22H37IN6O2. The number of hydrogen-bond donors (Lipinski definition) is 3. The third kappa shape index (κ3) is 9.42. The molecule has 0 bridgehead atoms. The average molecular weight is 544 g/mol. The number of nitrogens with zero attached hydrogens (tertiary/aromatic N) is 3. The van der Waals surface area contributed by atoms with E-state index in [0.29, 0.717) is 18.7 Å². The molecule has 0 atom stereocenters. The van der Waals surface area contributed by atoms with Crippen molar-refractivity contribution in [3.63, 3.8) is 0 Å². The minimum Gasteiger partial charge on any atom is -0.357 e. The molecule has 1 aromatic carbocycles. The molecule has 0 saturated carbocycles. The van der Waals surface area contributed by atoms with Crippen molar-refractivity contribution in [2.45, 2.75) is 33.2 Å². The summed E-state index contributed by atoms with van der Waals surface area (Å²) in [6.07, 6.45) is 0.773. The van der Waals surface area contributed by atoms with Crippen LogP contribution in [0.2, 0.25) is 0 Å². The van der Waals surface area contributed by atoms with Gasteiger partial charge in [-0.3, -0.25) is 19.5 Å². The molecule has 1 fully saturated rings. The SMILES string of the molecule is CCNC(=NCCc1cccc(C(=O)NC)c1)N1CCN(CC(=O)NC(C)C)CC1.I. The minimum atomic E-state index is -0.0753. The molecule has 1 aromatic rings. The fourth-order valence-electron chi connectivity index (χ4n) is 3.42. The first-order valence-corrected chi connectivity index (χ1v) is 10.8. The molecule has 2 amide bonds. The molecule has 0 aliphatic carbocycles. The summed E-state index contributed by atoms with van der Waals surface area (Å²) in [6, 6.07) is 7.83. The molecule has 3 N–H and O–H groups in total. The Balaban J connectivity index is 0.00000480. The van der Waals surface area contributed by atoms with Gasteiger partial charge in [-0.15, -0.1) is 24.0 Å². The Kier molecular flexibility index (Phi) is 12.5. The number of halogens is 1. The minimum absolute atomic E-state index is 0. The van der Waals surface area contributed by atoms with E-state index in [2.05, 4.69) is 32.7 Å². The van der Waals surface area contributed by atoms with Crippen LogP contribution in [0.4, 0.5) is 0 Å². The molecule has 8 nitrogen and oxygen atoms in total. The maximum absolute atomic E-state index is 12.0. The van der Waals surface area contributed by atoms with E-state index in [1.165, 1.54) is 0 Å². The van der Waals surface area contributed by atoms with Gasteiger partial charge in [0.2, 0.25) is 5.91 Å². The number of carbonyl (C=O) groups is 2. The molecule has 0 radical (unpaired) electrons. The first kappa shape index (κ1) is 27.2. The average Bonchev–Trinajstić information content (AvgIpc) is 2.73. The van der Waals surface area contributed by atoms with Crippen LogP contribution in [0.15, 0.2) is 29.3 Å². The molecule has 31 heavy (non-hydrogen) atoms. The topological polar surface area (TPSA) is 89.1 Å². The lowest BCUT2D eigenvalue weighted by molar-refractivity contribution is -0.123. The van der Waals surface area contributed by atoms with Crippen molar-refractivity contribution in [3.8, 4) is 0 Å². The van der Waals surface area contributed by atoms with Crippen molar-refractivity contribution in [3.05, 3.63) is 35.4 Å². The van der Waals surface area contributed by atoms with Crippen LogP contribution >= 0.6 is 24.0 Å². The van der Waals surface area contributed by atoms with Crippen molar-refractivity contribution in [2.75, 3.05) is 52.9 Å². The third-order valence-electron chi connectivity index (χ3n) is 4.90. The third-order valence-corrected chi connectivity index (χ3v) is 4.90. The Labute approximate surface area is 203 Å². The number of piperazine rings is 1. The first-order chi connectivity index (χ1) is 14.4. The summed E-state index contributed by atoms with van der Waals surface area (Å²) in [5, 5.41) is 8.97. The van der Waals surface area contributed by atoms with Gasteiger partial charge in [-0.25, -0.2) is 0 Å². The summed E-state index contributed by atoms with van der Waals surface area (Å²) in [6.45, 7) is 11.3. The maximum Gasteiger partial charge on any atom is 0.251 e. The van der Waals surface area contributed by atoms with Crippen LogP contribution in [0, 0.1) is 0 Å². The normalized spacial score (nSPS) is 14.7. The van der Waals surface area contributed by atoms with Gasteiger partial charge in [-0.1, -0.05) is 12.1 Å². The number of hydrogen-bond acceptors (Lipinski definition) is 4. The Morgan fingerprint density at radius 3 is 2.48 bits per heavy atom. The number of benzene rings is 1. The van der Waals surface area contributed by atoms with Crippen LogP contribution in [-0.4, -0.2) is 86.5 Å². The van der Waals surface area contributed by atoms with E-state index in [4.69, 9.17) is 4.99 Å². The lowest BCUT2D eigenvalue weighted by Crippen LogP contribution is -2.54. The molecule has 9 heteroatoms. The van der Waals surface area contributed by atoms with Gasteiger partial charge in [0.05, 0.1) is 6.54 Å². The van der Waals surface area contributed by atoms with Crippen LogP contribution in [0.3, 0.4) is 0 Å². The number of nitrogens with one attached hydrogen (secondary N) is 3. The highest BCUT2D eigenvalue weighted by molar-refractivity contribution is 14.0. The summed E-state index contributed by atoms with van der Waals surface area (Å²) in [7, 11) is 1.64. The van der Waals surface area contributed by atoms with E-state index in [0.717, 1.165) is 50.7 Å². The second-order valence-corrected chi connectivity index (χ2v) is 7.75. The first-order valence-electron chi connectivity index (χ1n) is 10.8. The van der Waals surface area contributed by atoms with Gasteiger partial charge < -0.3 is 20.9 Å². The highest BCUT2D eigenvalue weighted by Crippen LogP contribution is 2.07. The van der Waals surface area contributed by atoms with E-state index in [1.807, 2.05) is 38.1 Å². The molecule has 1 aliphatic rings. The quantitative estimate of drug-likeness (QED) is 0.261. The van der Waals surface area contributed by atoms with Gasteiger partial charge in [0.15, 0.2) is 5.96 Å². The zero-order valence-electron chi connectivity index (χ0n) is 19.1. The summed E-state index contributed by atoms with van der Waals surface area (Å²) in [5.41, 5.74) is 1.76. The molecule has 0 unspecified atom stereocenters. The predicted molar refractivity (Wildman–Crippen MR) is 136 cm³/mol. The van der Waals surface area contributed by atoms with Gasteiger partial charge in [0.1, 0.15) is 0 Å². The zero-order chi connectivity index (χ0) is 21.9. The summed E-state index contributed by atoms with van der Waals surface area (Å²) >= 11 is 0. The molecule has 1 heterocycles. The van der Waals surface area contributed by atoms with Crippen LogP contribution in [0.1, 0.15) is 36.7 Å². The van der Waals surface area contributed by atoms with Crippen molar-refractivity contribution in [2.24, 2.45) is 4.99 Å². The Morgan fingerprint density at radius 2 is 1.87 bits per heavy atom. The second-order valence-electron chi connectivity index (χ2n) is 7.75. The molecule has 1 aliphatic heterocycles. The van der Waals surface area contributed by atoms with E-state index in [-0.39, 0.29) is 41.8 Å². The van der Waals surface area contributed by atoms with Gasteiger partial charge in [0, 0.05) is 57.9 Å². The van der Waals surface area contributed by atoms with Crippen LogP contribution < -0.4 is 16.0 Å². The Morgan fingerprint density at radius 1 is 1.16 bits per heavy atom. The van der Waals surface area contributed by atoms with Gasteiger partial charge >= 0.3 is 0 Å². The van der Waals surface area contributed by atoms with Gasteiger partial charge in [0.25, 0.3) is 5.91 Å². The molecule has 0 spiro atoms. The Bertz CT molecular complexity index is 732. The number of rotatable bonds is 8. The van der Waals surface area contributed by atoms with Crippen LogP contribution in [0.25, 0.3) is 0 Å². The van der Waals surface area contributed by atoms with Crippen molar-refractivity contribution < 1.29 is 9.59 Å². The lowest BCUT2D eigenvalue weighted by atomic mass is 10.1. The lowest BCUT2D eigenvalue weighted by Gasteiger charge is -2.36. The maximum atomic E-state index is 12.0. The van der Waals surface area contributed by atoms with Crippen molar-refractivity contribution in [1.82, 2.24) is 25.8 Å². The second kappa shape index (κ2) is 14.2. The van der Waals surface area contributed by atoms with Crippen molar-refractivity contribution in [1.29, 1.82) is 0 Å². The monoisotopic (exact) mass is 544 g/mol. The highest BCUT2D eigenvalue weighted by atomic mass is 127. The molecule has 1 saturated heterocycles. The molecular weight excluding hydrogens is 507 g/mol. The molecule has 0 aromatic heterocycles. The van der Waals surface area contributed by atoms with Crippen molar-refractivity contribution >= 4 is 41.8 Å². The van der Waals surface area contributed by atoms with Crippen LogP contribution in [-0.2, 0) is 11.2 Å². The van der Waals surface area contributed by atoms with E-state index < -0.39 is 0 Å². The number of guanidine groups is 1. The number of aliphatic imine (C=N–C) groups is 1. The smallest absolute Gasteiger partial charge is 0.251 e. The Hall–Kier alpha value is -1.88.